The van der Waals surface area contributed by atoms with Crippen molar-refractivity contribution in [3.63, 3.8) is 0 Å². The van der Waals surface area contributed by atoms with E-state index in [1.807, 2.05) is 6.92 Å². The molecule has 2 rings (SSSR count). The maximum atomic E-state index is 12.8. The molecule has 0 spiro atoms. The SMILES string of the molecule is CCC1(Nc2ccc(C#N)c(C(F)(F)F)c2)CCC1. The van der Waals surface area contributed by atoms with Gasteiger partial charge in [0.2, 0.25) is 0 Å². The summed E-state index contributed by atoms with van der Waals surface area (Å²) < 4.78 is 38.5. The molecule has 1 aliphatic rings. The molecule has 0 radical (unpaired) electrons. The summed E-state index contributed by atoms with van der Waals surface area (Å²) in [6.45, 7) is 2.03. The van der Waals surface area contributed by atoms with E-state index in [2.05, 4.69) is 5.32 Å². The maximum Gasteiger partial charge on any atom is 0.417 e. The van der Waals surface area contributed by atoms with Crippen LogP contribution in [0.2, 0.25) is 0 Å². The Morgan fingerprint density at radius 3 is 2.47 bits per heavy atom. The van der Waals surface area contributed by atoms with Crippen LogP contribution in [0, 0.1) is 11.3 Å². The van der Waals surface area contributed by atoms with Crippen LogP contribution in [0.4, 0.5) is 18.9 Å². The van der Waals surface area contributed by atoms with Crippen molar-refractivity contribution in [3.05, 3.63) is 29.3 Å². The van der Waals surface area contributed by atoms with Crippen molar-refractivity contribution >= 4 is 5.69 Å². The van der Waals surface area contributed by atoms with Gasteiger partial charge >= 0.3 is 6.18 Å². The summed E-state index contributed by atoms with van der Waals surface area (Å²) in [5, 5.41) is 11.9. The quantitative estimate of drug-likeness (QED) is 0.886. The standard InChI is InChI=1S/C14H15F3N2/c1-2-13(6-3-7-13)19-11-5-4-10(9-18)12(8-11)14(15,16)17/h4-5,8,19H,2-3,6-7H2,1H3. The number of anilines is 1. The Morgan fingerprint density at radius 1 is 1.37 bits per heavy atom. The molecule has 0 aromatic heterocycles. The largest absolute Gasteiger partial charge is 0.417 e. The third-order valence-electron chi connectivity index (χ3n) is 3.84. The zero-order valence-corrected chi connectivity index (χ0v) is 10.6. The first kappa shape index (κ1) is 13.7. The topological polar surface area (TPSA) is 35.8 Å². The minimum atomic E-state index is -4.50. The van der Waals surface area contributed by atoms with Crippen molar-refractivity contribution in [2.75, 3.05) is 5.32 Å². The van der Waals surface area contributed by atoms with Crippen molar-refractivity contribution in [1.82, 2.24) is 0 Å². The van der Waals surface area contributed by atoms with Gasteiger partial charge in [0.1, 0.15) is 0 Å². The summed E-state index contributed by atoms with van der Waals surface area (Å²) in [6.07, 6.45) is -0.560. The van der Waals surface area contributed by atoms with E-state index in [9.17, 15) is 13.2 Å². The molecule has 5 heteroatoms. The van der Waals surface area contributed by atoms with E-state index in [0.29, 0.717) is 5.69 Å². The minimum absolute atomic E-state index is 0.0724. The van der Waals surface area contributed by atoms with Crippen molar-refractivity contribution in [2.24, 2.45) is 0 Å². The molecule has 1 N–H and O–H groups in total. The Kier molecular flexibility index (Phi) is 3.44. The molecule has 102 valence electrons. The van der Waals surface area contributed by atoms with Crippen LogP contribution in [0.15, 0.2) is 18.2 Å². The van der Waals surface area contributed by atoms with E-state index in [1.54, 1.807) is 12.1 Å². The predicted octanol–water partition coefficient (Wildman–Crippen LogP) is 4.32. The van der Waals surface area contributed by atoms with Gasteiger partial charge in [0.05, 0.1) is 17.2 Å². The molecule has 1 aromatic rings. The number of nitriles is 1. The van der Waals surface area contributed by atoms with Crippen LogP contribution in [0.1, 0.15) is 43.7 Å². The second kappa shape index (κ2) is 4.76. The number of alkyl halides is 3. The molecule has 1 aromatic carbocycles. The van der Waals surface area contributed by atoms with Gasteiger partial charge in [0.15, 0.2) is 0 Å². The summed E-state index contributed by atoms with van der Waals surface area (Å²) in [7, 11) is 0. The molecule has 1 fully saturated rings. The second-order valence-corrected chi connectivity index (χ2v) is 4.98. The number of hydrogen-bond donors (Lipinski definition) is 1. The van der Waals surface area contributed by atoms with Crippen molar-refractivity contribution in [3.8, 4) is 6.07 Å². The van der Waals surface area contributed by atoms with Crippen LogP contribution < -0.4 is 5.32 Å². The third kappa shape index (κ3) is 2.67. The molecule has 1 aliphatic carbocycles. The Bertz CT molecular complexity index is 505. The highest BCUT2D eigenvalue weighted by molar-refractivity contribution is 5.54. The fourth-order valence-electron chi connectivity index (χ4n) is 2.43. The Balaban J connectivity index is 2.31. The van der Waals surface area contributed by atoms with E-state index in [1.165, 1.54) is 6.07 Å². The van der Waals surface area contributed by atoms with Gasteiger partial charge in [-0.1, -0.05) is 6.92 Å². The van der Waals surface area contributed by atoms with Crippen LogP contribution >= 0.6 is 0 Å². The van der Waals surface area contributed by atoms with Crippen LogP contribution in [0.5, 0.6) is 0 Å². The highest BCUT2D eigenvalue weighted by Crippen LogP contribution is 2.39. The number of nitrogens with one attached hydrogen (secondary N) is 1. The molecular formula is C14H15F3N2. The Morgan fingerprint density at radius 2 is 2.05 bits per heavy atom. The predicted molar refractivity (Wildman–Crippen MR) is 66.7 cm³/mol. The molecule has 19 heavy (non-hydrogen) atoms. The lowest BCUT2D eigenvalue weighted by Gasteiger charge is -2.43. The van der Waals surface area contributed by atoms with E-state index >= 15 is 0 Å². The summed E-state index contributed by atoms with van der Waals surface area (Å²) in [6, 6.07) is 5.40. The zero-order valence-electron chi connectivity index (χ0n) is 10.6. The first-order valence-corrected chi connectivity index (χ1v) is 6.30. The van der Waals surface area contributed by atoms with Gasteiger partial charge in [-0.15, -0.1) is 0 Å². The summed E-state index contributed by atoms with van der Waals surface area (Å²) in [5.74, 6) is 0. The smallest absolute Gasteiger partial charge is 0.380 e. The van der Waals surface area contributed by atoms with E-state index in [-0.39, 0.29) is 11.1 Å². The lowest BCUT2D eigenvalue weighted by molar-refractivity contribution is -0.137. The second-order valence-electron chi connectivity index (χ2n) is 4.98. The molecule has 0 aliphatic heterocycles. The number of rotatable bonds is 3. The van der Waals surface area contributed by atoms with E-state index in [0.717, 1.165) is 31.7 Å². The minimum Gasteiger partial charge on any atom is -0.380 e. The maximum absolute atomic E-state index is 12.8. The lowest BCUT2D eigenvalue weighted by atomic mass is 9.74. The summed E-state index contributed by atoms with van der Waals surface area (Å²) >= 11 is 0. The van der Waals surface area contributed by atoms with Crippen LogP contribution in [0.3, 0.4) is 0 Å². The van der Waals surface area contributed by atoms with Crippen molar-refractivity contribution in [1.29, 1.82) is 5.26 Å². The molecule has 0 amide bonds. The zero-order chi connectivity index (χ0) is 14.1. The van der Waals surface area contributed by atoms with Crippen molar-refractivity contribution < 1.29 is 13.2 Å². The first-order chi connectivity index (χ1) is 8.90. The van der Waals surface area contributed by atoms with Gasteiger partial charge in [0.25, 0.3) is 0 Å². The molecule has 2 nitrogen and oxygen atoms in total. The molecule has 0 saturated heterocycles. The fourth-order valence-corrected chi connectivity index (χ4v) is 2.43. The average molecular weight is 268 g/mol. The van der Waals surface area contributed by atoms with Gasteiger partial charge < -0.3 is 5.32 Å². The van der Waals surface area contributed by atoms with Crippen LogP contribution in [0.25, 0.3) is 0 Å². The monoisotopic (exact) mass is 268 g/mol. The Labute approximate surface area is 110 Å². The van der Waals surface area contributed by atoms with Crippen LogP contribution in [-0.2, 0) is 6.18 Å². The van der Waals surface area contributed by atoms with E-state index in [4.69, 9.17) is 5.26 Å². The molecule has 0 atom stereocenters. The van der Waals surface area contributed by atoms with Crippen LogP contribution in [-0.4, -0.2) is 5.54 Å². The molecule has 0 bridgehead atoms. The van der Waals surface area contributed by atoms with Gasteiger partial charge in [-0.05, 0) is 43.9 Å². The molecule has 0 unspecified atom stereocenters. The van der Waals surface area contributed by atoms with Gasteiger partial charge in [-0.3, -0.25) is 0 Å². The first-order valence-electron chi connectivity index (χ1n) is 6.30. The molecule has 0 heterocycles. The van der Waals surface area contributed by atoms with Gasteiger partial charge in [-0.25, -0.2) is 0 Å². The highest BCUT2D eigenvalue weighted by atomic mass is 19.4. The van der Waals surface area contributed by atoms with E-state index < -0.39 is 11.7 Å². The Hall–Kier alpha value is -1.70. The van der Waals surface area contributed by atoms with Crippen molar-refractivity contribution in [2.45, 2.75) is 44.3 Å². The normalized spacial score (nSPS) is 17.4. The van der Waals surface area contributed by atoms with Gasteiger partial charge in [0, 0.05) is 11.2 Å². The van der Waals surface area contributed by atoms with Gasteiger partial charge in [-0.2, -0.15) is 18.4 Å². The number of benzene rings is 1. The highest BCUT2D eigenvalue weighted by Gasteiger charge is 2.37. The number of nitrogens with zero attached hydrogens (tertiary/aromatic N) is 1. The number of halogens is 3. The lowest BCUT2D eigenvalue weighted by Crippen LogP contribution is -2.44. The summed E-state index contributed by atoms with van der Waals surface area (Å²) in [5.41, 5.74) is -0.840. The summed E-state index contributed by atoms with van der Waals surface area (Å²) in [4.78, 5) is 0. The fraction of sp³-hybridized carbons (Fsp3) is 0.500. The molecule has 1 saturated carbocycles. The molecular weight excluding hydrogens is 253 g/mol. The number of hydrogen-bond acceptors (Lipinski definition) is 2. The average Bonchev–Trinajstić information content (AvgIpc) is 2.32. The third-order valence-corrected chi connectivity index (χ3v) is 3.84.